The average molecular weight is 290 g/mol. The molecule has 0 saturated heterocycles. The summed E-state index contributed by atoms with van der Waals surface area (Å²) in [6.07, 6.45) is 0. The third-order valence-electron chi connectivity index (χ3n) is 3.41. The first-order valence-corrected chi connectivity index (χ1v) is 7.99. The average Bonchev–Trinajstić information content (AvgIpc) is 2.25. The maximum absolute atomic E-state index is 2.31. The molecular formula is C18H22Cr. The summed E-state index contributed by atoms with van der Waals surface area (Å²) in [6, 6.07) is 9.23. The van der Waals surface area contributed by atoms with Gasteiger partial charge in [0.1, 0.15) is 0 Å². The minimum atomic E-state index is 0.406. The Morgan fingerprint density at radius 3 is 1.05 bits per heavy atom. The van der Waals surface area contributed by atoms with Gasteiger partial charge in [-0.1, -0.05) is 0 Å². The van der Waals surface area contributed by atoms with Gasteiger partial charge in [-0.25, -0.2) is 0 Å². The molecule has 0 nitrogen and oxygen atoms in total. The second-order valence-corrected chi connectivity index (χ2v) is 7.15. The van der Waals surface area contributed by atoms with Crippen molar-refractivity contribution in [2.75, 3.05) is 0 Å². The minimum absolute atomic E-state index is 0.406. The number of hydrogen-bond acceptors (Lipinski definition) is 0. The molecule has 0 atom stereocenters. The van der Waals surface area contributed by atoms with E-state index in [1.807, 2.05) is 0 Å². The standard InChI is InChI=1S/2C9H11.Cr/c2*1-7-4-8(2)6-9(3)5-7;/h2*4-5H,1-3H3;. The van der Waals surface area contributed by atoms with Crippen molar-refractivity contribution in [2.45, 2.75) is 41.5 Å². The summed E-state index contributed by atoms with van der Waals surface area (Å²) in [5, 5.41) is 0. The van der Waals surface area contributed by atoms with E-state index >= 15 is 0 Å². The molecule has 0 aliphatic carbocycles. The van der Waals surface area contributed by atoms with Crippen LogP contribution in [0, 0.1) is 41.5 Å². The van der Waals surface area contributed by atoms with E-state index in [-0.39, 0.29) is 0 Å². The van der Waals surface area contributed by atoms with Crippen LogP contribution in [-0.4, -0.2) is 0 Å². The van der Waals surface area contributed by atoms with Crippen LogP contribution in [0.5, 0.6) is 0 Å². The summed E-state index contributed by atoms with van der Waals surface area (Å²) in [6.45, 7) is 13.3. The molecule has 1 heteroatoms. The Labute approximate surface area is 123 Å². The molecular weight excluding hydrogens is 268 g/mol. The summed E-state index contributed by atoms with van der Waals surface area (Å²) in [7, 11) is 0. The molecule has 0 aliphatic heterocycles. The molecule has 0 N–H and O–H groups in total. The van der Waals surface area contributed by atoms with Crippen LogP contribution in [0.25, 0.3) is 0 Å². The van der Waals surface area contributed by atoms with E-state index in [0.29, 0.717) is 15.2 Å². The van der Waals surface area contributed by atoms with Gasteiger partial charge in [-0.3, -0.25) is 0 Å². The van der Waals surface area contributed by atoms with Crippen LogP contribution in [-0.2, 0) is 15.2 Å². The summed E-state index contributed by atoms with van der Waals surface area (Å²) in [5.74, 6) is 0. The van der Waals surface area contributed by atoms with E-state index in [1.54, 1.807) is 8.85 Å². The Balaban J connectivity index is 2.48. The van der Waals surface area contributed by atoms with E-state index in [9.17, 15) is 0 Å². The van der Waals surface area contributed by atoms with Crippen LogP contribution in [0.15, 0.2) is 24.3 Å². The summed E-state index contributed by atoms with van der Waals surface area (Å²) >= 11 is 0.406. The molecule has 0 heterocycles. The molecule has 19 heavy (non-hydrogen) atoms. The SMILES string of the molecule is Cc1cc(C)[c]([Cr][c]2c(C)cc(C)cc2C)c(C)c1. The van der Waals surface area contributed by atoms with Gasteiger partial charge in [0.05, 0.1) is 0 Å². The third kappa shape index (κ3) is 3.11. The van der Waals surface area contributed by atoms with E-state index < -0.39 is 0 Å². The topological polar surface area (TPSA) is 0 Å². The number of aryl methyl sites for hydroxylation is 6. The predicted octanol–water partition coefficient (Wildman–Crippen LogP) is 3.57. The van der Waals surface area contributed by atoms with E-state index in [0.717, 1.165) is 0 Å². The van der Waals surface area contributed by atoms with Gasteiger partial charge in [0, 0.05) is 0 Å². The van der Waals surface area contributed by atoms with Crippen molar-refractivity contribution in [1.82, 2.24) is 0 Å². The van der Waals surface area contributed by atoms with Gasteiger partial charge in [0.25, 0.3) is 0 Å². The van der Waals surface area contributed by atoms with Crippen molar-refractivity contribution in [2.24, 2.45) is 0 Å². The molecule has 0 aromatic heterocycles. The van der Waals surface area contributed by atoms with E-state index in [4.69, 9.17) is 0 Å². The van der Waals surface area contributed by atoms with Gasteiger partial charge in [-0.15, -0.1) is 0 Å². The van der Waals surface area contributed by atoms with Gasteiger partial charge >= 0.3 is 123 Å². The Bertz CT molecular complexity index is 522. The van der Waals surface area contributed by atoms with Crippen LogP contribution < -0.4 is 8.85 Å². The van der Waals surface area contributed by atoms with Crippen LogP contribution in [0.2, 0.25) is 0 Å². The predicted molar refractivity (Wildman–Crippen MR) is 80.6 cm³/mol. The molecule has 0 aliphatic rings. The molecule has 0 unspecified atom stereocenters. The zero-order chi connectivity index (χ0) is 14.2. The van der Waals surface area contributed by atoms with Crippen molar-refractivity contribution in [3.8, 4) is 0 Å². The Morgan fingerprint density at radius 1 is 0.526 bits per heavy atom. The zero-order valence-corrected chi connectivity index (χ0v) is 14.0. The molecule has 0 fully saturated rings. The molecule has 2 aromatic rings. The van der Waals surface area contributed by atoms with Gasteiger partial charge in [-0.2, -0.15) is 0 Å². The van der Waals surface area contributed by atoms with Gasteiger partial charge in [0.2, 0.25) is 0 Å². The molecule has 0 amide bonds. The van der Waals surface area contributed by atoms with Gasteiger partial charge in [-0.05, 0) is 0 Å². The second-order valence-electron chi connectivity index (χ2n) is 5.56. The fraction of sp³-hybridized carbons (Fsp3) is 0.333. The third-order valence-corrected chi connectivity index (χ3v) is 6.06. The first kappa shape index (κ1) is 14.4. The van der Waals surface area contributed by atoms with Crippen molar-refractivity contribution >= 4 is 8.85 Å². The first-order valence-electron chi connectivity index (χ1n) is 6.72. The van der Waals surface area contributed by atoms with E-state index in [2.05, 4.69) is 65.8 Å². The second kappa shape index (κ2) is 5.53. The fourth-order valence-corrected chi connectivity index (χ4v) is 4.45. The molecule has 0 spiro atoms. The normalized spacial score (nSPS) is 10.8. The summed E-state index contributed by atoms with van der Waals surface area (Å²) < 4.78 is 3.10. The molecule has 100 valence electrons. The Kier molecular flexibility index (Phi) is 4.19. The van der Waals surface area contributed by atoms with Crippen LogP contribution in [0.3, 0.4) is 0 Å². The number of hydrogen-bond donors (Lipinski definition) is 0. The van der Waals surface area contributed by atoms with Crippen molar-refractivity contribution in [3.05, 3.63) is 57.6 Å². The molecule has 0 radical (unpaired) electrons. The molecule has 2 rings (SSSR count). The molecule has 0 bridgehead atoms. The van der Waals surface area contributed by atoms with Crippen LogP contribution >= 0.6 is 0 Å². The van der Waals surface area contributed by atoms with Crippen molar-refractivity contribution in [1.29, 1.82) is 0 Å². The van der Waals surface area contributed by atoms with Crippen molar-refractivity contribution in [3.63, 3.8) is 0 Å². The van der Waals surface area contributed by atoms with E-state index in [1.165, 1.54) is 33.4 Å². The monoisotopic (exact) mass is 290 g/mol. The zero-order valence-electron chi connectivity index (χ0n) is 12.7. The quantitative estimate of drug-likeness (QED) is 0.793. The maximum atomic E-state index is 2.31. The molecule has 0 saturated carbocycles. The first-order chi connectivity index (χ1) is 8.88. The fourth-order valence-electron chi connectivity index (χ4n) is 2.76. The van der Waals surface area contributed by atoms with Gasteiger partial charge in [0.15, 0.2) is 0 Å². The Hall–Kier alpha value is -1.03. The summed E-state index contributed by atoms with van der Waals surface area (Å²) in [4.78, 5) is 0. The van der Waals surface area contributed by atoms with Gasteiger partial charge < -0.3 is 0 Å². The Morgan fingerprint density at radius 2 is 0.789 bits per heavy atom. The number of benzene rings is 2. The van der Waals surface area contributed by atoms with Crippen LogP contribution in [0.1, 0.15) is 33.4 Å². The van der Waals surface area contributed by atoms with Crippen LogP contribution in [0.4, 0.5) is 0 Å². The summed E-state index contributed by atoms with van der Waals surface area (Å²) in [5.41, 5.74) is 8.50. The number of rotatable bonds is 2. The van der Waals surface area contributed by atoms with Crippen molar-refractivity contribution < 1.29 is 15.2 Å². The molecule has 2 aromatic carbocycles.